The van der Waals surface area contributed by atoms with Crippen LogP contribution in [0.5, 0.6) is 0 Å². The Morgan fingerprint density at radius 2 is 2.17 bits per heavy atom. The van der Waals surface area contributed by atoms with E-state index < -0.39 is 6.03 Å². The average Bonchev–Trinajstić information content (AvgIpc) is 2.91. The van der Waals surface area contributed by atoms with E-state index in [0.717, 1.165) is 5.56 Å². The summed E-state index contributed by atoms with van der Waals surface area (Å²) < 4.78 is 1.47. The van der Waals surface area contributed by atoms with E-state index in [0.29, 0.717) is 18.4 Å². The number of carbonyl (C=O) groups excluding carboxylic acids is 1. The lowest BCUT2D eigenvalue weighted by Gasteiger charge is -2.19. The first kappa shape index (κ1) is 16.5. The van der Waals surface area contributed by atoms with Gasteiger partial charge in [0.15, 0.2) is 5.82 Å². The number of aliphatic hydroxyl groups excluding tert-OH is 1. The summed E-state index contributed by atoms with van der Waals surface area (Å²) in [5, 5.41) is 27.5. The van der Waals surface area contributed by atoms with Crippen LogP contribution >= 0.6 is 0 Å². The second kappa shape index (κ2) is 7.96. The van der Waals surface area contributed by atoms with Gasteiger partial charge in [0, 0.05) is 19.9 Å². The van der Waals surface area contributed by atoms with E-state index in [1.54, 1.807) is 7.05 Å². The van der Waals surface area contributed by atoms with E-state index >= 15 is 0 Å². The molecule has 1 aromatic heterocycles. The average molecular weight is 313 g/mol. The number of carbonyl (C=O) groups is 1. The maximum Gasteiger partial charge on any atom is 0.320 e. The molecule has 0 saturated carbocycles. The Kier molecular flexibility index (Phi) is 5.72. The third-order valence-electron chi connectivity index (χ3n) is 3.34. The fraction of sp³-hybridized carbons (Fsp3) is 0.312. The molecule has 7 nitrogen and oxygen atoms in total. The molecule has 7 heteroatoms. The lowest BCUT2D eigenvalue weighted by molar-refractivity contribution is 0.243. The number of aromatic nitrogens is 2. The SMILES string of the molecule is Cn1cc(C#N)c(NC(=O)N[C@H](CCCO)c2ccccc2)n1. The number of aliphatic hydroxyl groups is 1. The molecular formula is C16H19N5O2. The summed E-state index contributed by atoms with van der Waals surface area (Å²) in [6.45, 7) is 0.0610. The van der Waals surface area contributed by atoms with Gasteiger partial charge in [0.05, 0.1) is 6.04 Å². The van der Waals surface area contributed by atoms with Gasteiger partial charge in [0.2, 0.25) is 0 Å². The van der Waals surface area contributed by atoms with Crippen LogP contribution in [-0.4, -0.2) is 27.5 Å². The number of aryl methyl sites for hydroxylation is 1. The predicted octanol–water partition coefficient (Wildman–Crippen LogP) is 1.93. The maximum absolute atomic E-state index is 12.2. The van der Waals surface area contributed by atoms with E-state index in [4.69, 9.17) is 10.4 Å². The van der Waals surface area contributed by atoms with Crippen LogP contribution in [0.25, 0.3) is 0 Å². The first-order valence-corrected chi connectivity index (χ1v) is 7.31. The number of nitriles is 1. The Balaban J connectivity index is 2.07. The third kappa shape index (κ3) is 4.56. The van der Waals surface area contributed by atoms with Gasteiger partial charge in [0.25, 0.3) is 0 Å². The molecule has 0 saturated heterocycles. The Bertz CT molecular complexity index is 690. The number of nitrogens with one attached hydrogen (secondary N) is 2. The van der Waals surface area contributed by atoms with Gasteiger partial charge in [-0.05, 0) is 18.4 Å². The van der Waals surface area contributed by atoms with Crippen molar-refractivity contribution < 1.29 is 9.90 Å². The monoisotopic (exact) mass is 313 g/mol. The molecule has 0 bridgehead atoms. The van der Waals surface area contributed by atoms with Crippen molar-refractivity contribution in [2.24, 2.45) is 7.05 Å². The summed E-state index contributed by atoms with van der Waals surface area (Å²) in [5.41, 5.74) is 1.26. The number of anilines is 1. The summed E-state index contributed by atoms with van der Waals surface area (Å²) in [6.07, 6.45) is 2.73. The fourth-order valence-electron chi connectivity index (χ4n) is 2.27. The van der Waals surface area contributed by atoms with Crippen molar-refractivity contribution in [3.8, 4) is 6.07 Å². The molecule has 2 aromatic rings. The summed E-state index contributed by atoms with van der Waals surface area (Å²) in [5.74, 6) is 0.224. The minimum Gasteiger partial charge on any atom is -0.396 e. The van der Waals surface area contributed by atoms with Gasteiger partial charge in [-0.25, -0.2) is 4.79 Å². The Labute approximate surface area is 134 Å². The molecule has 1 atom stereocenters. The number of nitrogens with zero attached hydrogens (tertiary/aromatic N) is 3. The molecule has 0 radical (unpaired) electrons. The number of hydrogen-bond acceptors (Lipinski definition) is 4. The maximum atomic E-state index is 12.2. The standard InChI is InChI=1S/C16H19N5O2/c1-21-11-13(10-17)15(20-21)19-16(23)18-14(8-5-9-22)12-6-3-2-4-7-12/h2-4,6-7,11,14,22H,5,8-9H2,1H3,(H2,18,19,20,23)/t14-/m1/s1. The number of hydrogen-bond donors (Lipinski definition) is 3. The molecule has 2 amide bonds. The molecule has 0 unspecified atom stereocenters. The highest BCUT2D eigenvalue weighted by molar-refractivity contribution is 5.89. The van der Waals surface area contributed by atoms with Crippen molar-refractivity contribution in [2.75, 3.05) is 11.9 Å². The van der Waals surface area contributed by atoms with Crippen molar-refractivity contribution >= 4 is 11.8 Å². The molecule has 1 aromatic carbocycles. The van der Waals surface area contributed by atoms with Gasteiger partial charge in [0.1, 0.15) is 11.6 Å². The highest BCUT2D eigenvalue weighted by Crippen LogP contribution is 2.18. The Morgan fingerprint density at radius 1 is 1.43 bits per heavy atom. The highest BCUT2D eigenvalue weighted by atomic mass is 16.3. The molecule has 0 spiro atoms. The van der Waals surface area contributed by atoms with Gasteiger partial charge in [-0.1, -0.05) is 30.3 Å². The minimum absolute atomic E-state index is 0.0610. The van der Waals surface area contributed by atoms with Crippen LogP contribution in [0.4, 0.5) is 10.6 Å². The zero-order valence-corrected chi connectivity index (χ0v) is 12.9. The molecular weight excluding hydrogens is 294 g/mol. The predicted molar refractivity (Wildman–Crippen MR) is 85.6 cm³/mol. The van der Waals surface area contributed by atoms with Gasteiger partial charge < -0.3 is 10.4 Å². The van der Waals surface area contributed by atoms with E-state index in [1.165, 1.54) is 10.9 Å². The molecule has 2 rings (SSSR count). The molecule has 120 valence electrons. The van der Waals surface area contributed by atoms with Crippen LogP contribution in [-0.2, 0) is 7.05 Å². The van der Waals surface area contributed by atoms with Crippen molar-refractivity contribution in [1.29, 1.82) is 5.26 Å². The van der Waals surface area contributed by atoms with Crippen molar-refractivity contribution in [3.05, 3.63) is 47.7 Å². The number of rotatable bonds is 6. The number of amides is 2. The largest absolute Gasteiger partial charge is 0.396 e. The van der Waals surface area contributed by atoms with Crippen molar-refractivity contribution in [1.82, 2.24) is 15.1 Å². The lowest BCUT2D eigenvalue weighted by Crippen LogP contribution is -2.33. The van der Waals surface area contributed by atoms with Gasteiger partial charge in [-0.3, -0.25) is 10.00 Å². The van der Waals surface area contributed by atoms with Crippen LogP contribution in [0.3, 0.4) is 0 Å². The van der Waals surface area contributed by atoms with E-state index in [2.05, 4.69) is 15.7 Å². The number of urea groups is 1. The van der Waals surface area contributed by atoms with Crippen LogP contribution in [0, 0.1) is 11.3 Å². The smallest absolute Gasteiger partial charge is 0.320 e. The quantitative estimate of drug-likeness (QED) is 0.758. The van der Waals surface area contributed by atoms with Gasteiger partial charge >= 0.3 is 6.03 Å². The summed E-state index contributed by atoms with van der Waals surface area (Å²) >= 11 is 0. The minimum atomic E-state index is -0.438. The summed E-state index contributed by atoms with van der Waals surface area (Å²) in [6, 6.07) is 10.9. The lowest BCUT2D eigenvalue weighted by atomic mass is 10.0. The molecule has 0 aliphatic heterocycles. The van der Waals surface area contributed by atoms with Crippen LogP contribution in [0.15, 0.2) is 36.5 Å². The van der Waals surface area contributed by atoms with E-state index in [1.807, 2.05) is 36.4 Å². The second-order valence-corrected chi connectivity index (χ2v) is 5.10. The summed E-state index contributed by atoms with van der Waals surface area (Å²) in [4.78, 5) is 12.2. The first-order valence-electron chi connectivity index (χ1n) is 7.31. The Morgan fingerprint density at radius 3 is 2.83 bits per heavy atom. The van der Waals surface area contributed by atoms with Crippen LogP contribution in [0.1, 0.15) is 30.0 Å². The van der Waals surface area contributed by atoms with Gasteiger partial charge in [-0.15, -0.1) is 0 Å². The third-order valence-corrected chi connectivity index (χ3v) is 3.34. The normalized spacial score (nSPS) is 11.5. The zero-order valence-electron chi connectivity index (χ0n) is 12.9. The first-order chi connectivity index (χ1) is 11.1. The van der Waals surface area contributed by atoms with E-state index in [9.17, 15) is 4.79 Å². The van der Waals surface area contributed by atoms with Crippen LogP contribution in [0.2, 0.25) is 0 Å². The van der Waals surface area contributed by atoms with Crippen molar-refractivity contribution in [2.45, 2.75) is 18.9 Å². The molecule has 0 aliphatic rings. The topological polar surface area (TPSA) is 103 Å². The van der Waals surface area contributed by atoms with Crippen molar-refractivity contribution in [3.63, 3.8) is 0 Å². The Hall–Kier alpha value is -2.85. The molecule has 0 fully saturated rings. The molecule has 0 aliphatic carbocycles. The second-order valence-electron chi connectivity index (χ2n) is 5.10. The molecule has 1 heterocycles. The highest BCUT2D eigenvalue weighted by Gasteiger charge is 2.16. The van der Waals surface area contributed by atoms with Crippen LogP contribution < -0.4 is 10.6 Å². The fourth-order valence-corrected chi connectivity index (χ4v) is 2.27. The van der Waals surface area contributed by atoms with Gasteiger partial charge in [-0.2, -0.15) is 10.4 Å². The molecule has 23 heavy (non-hydrogen) atoms. The van der Waals surface area contributed by atoms with E-state index in [-0.39, 0.29) is 18.5 Å². The summed E-state index contributed by atoms with van der Waals surface area (Å²) in [7, 11) is 1.68. The number of benzene rings is 1. The zero-order chi connectivity index (χ0) is 16.7. The molecule has 3 N–H and O–H groups in total.